The zero-order chi connectivity index (χ0) is 11.5. The van der Waals surface area contributed by atoms with Gasteiger partial charge in [0.05, 0.1) is 7.11 Å². The van der Waals surface area contributed by atoms with Crippen LogP contribution in [0.4, 0.5) is 0 Å². The van der Waals surface area contributed by atoms with Gasteiger partial charge in [-0.2, -0.15) is 0 Å². The van der Waals surface area contributed by atoms with Gasteiger partial charge >= 0.3 is 5.97 Å². The number of aliphatic hydroxyl groups is 1. The van der Waals surface area contributed by atoms with E-state index in [2.05, 4.69) is 4.74 Å². The van der Waals surface area contributed by atoms with Crippen LogP contribution in [0.3, 0.4) is 0 Å². The zero-order valence-corrected chi connectivity index (χ0v) is 9.87. The summed E-state index contributed by atoms with van der Waals surface area (Å²) in [7, 11) is 1.28. The van der Waals surface area contributed by atoms with E-state index < -0.39 is 12.1 Å². The van der Waals surface area contributed by atoms with Gasteiger partial charge < -0.3 is 9.84 Å². The second-order valence-corrected chi connectivity index (χ2v) is 5.12. The average molecular weight is 238 g/mol. The highest BCUT2D eigenvalue weighted by Gasteiger charge is 2.26. The first-order chi connectivity index (χ1) is 7.72. The maximum Gasteiger partial charge on any atom is 0.339 e. The molecule has 1 N–H and O–H groups in total. The minimum Gasteiger partial charge on any atom is -0.467 e. The molecule has 0 amide bonds. The van der Waals surface area contributed by atoms with Crippen molar-refractivity contribution in [3.05, 3.63) is 29.8 Å². The molecule has 1 saturated carbocycles. The van der Waals surface area contributed by atoms with Crippen molar-refractivity contribution in [2.45, 2.75) is 29.1 Å². The molecule has 0 saturated heterocycles. The lowest BCUT2D eigenvalue weighted by Crippen LogP contribution is -2.14. The van der Waals surface area contributed by atoms with Crippen LogP contribution in [0.5, 0.6) is 0 Å². The monoisotopic (exact) mass is 238 g/mol. The molecule has 0 aliphatic heterocycles. The van der Waals surface area contributed by atoms with Crippen LogP contribution in [0.25, 0.3) is 0 Å². The Hall–Kier alpha value is -1.00. The average Bonchev–Trinajstić information content (AvgIpc) is 3.12. The van der Waals surface area contributed by atoms with E-state index in [-0.39, 0.29) is 0 Å². The van der Waals surface area contributed by atoms with Gasteiger partial charge in [0.15, 0.2) is 6.10 Å². The van der Waals surface area contributed by atoms with Crippen LogP contribution in [0.15, 0.2) is 29.2 Å². The van der Waals surface area contributed by atoms with Gasteiger partial charge in [-0.05, 0) is 18.9 Å². The first-order valence-electron chi connectivity index (χ1n) is 5.24. The SMILES string of the molecule is COC(=O)C(O)c1ccccc1SC1CC1. The molecule has 2 rings (SSSR count). The molecule has 86 valence electrons. The van der Waals surface area contributed by atoms with Gasteiger partial charge in [-0.1, -0.05) is 18.2 Å². The third-order valence-electron chi connectivity index (χ3n) is 2.46. The van der Waals surface area contributed by atoms with E-state index in [1.54, 1.807) is 17.8 Å². The summed E-state index contributed by atoms with van der Waals surface area (Å²) in [6, 6.07) is 7.44. The molecule has 0 heterocycles. The van der Waals surface area contributed by atoms with Crippen molar-refractivity contribution < 1.29 is 14.6 Å². The molecule has 3 nitrogen and oxygen atoms in total. The molecular formula is C12H14O3S. The Morgan fingerprint density at radius 3 is 2.81 bits per heavy atom. The number of hydrogen-bond acceptors (Lipinski definition) is 4. The lowest BCUT2D eigenvalue weighted by molar-refractivity contribution is -0.150. The standard InChI is InChI=1S/C12H14O3S/c1-15-12(14)11(13)9-4-2-3-5-10(9)16-8-6-7-8/h2-5,8,11,13H,6-7H2,1H3. The predicted molar refractivity (Wildman–Crippen MR) is 62.3 cm³/mol. The molecule has 0 aromatic heterocycles. The molecule has 1 aliphatic rings. The quantitative estimate of drug-likeness (QED) is 0.816. The molecule has 1 aromatic carbocycles. The van der Waals surface area contributed by atoms with Crippen molar-refractivity contribution in [3.8, 4) is 0 Å². The Kier molecular flexibility index (Phi) is 3.51. The van der Waals surface area contributed by atoms with Gasteiger partial charge in [-0.25, -0.2) is 4.79 Å². The first-order valence-corrected chi connectivity index (χ1v) is 6.12. The molecule has 16 heavy (non-hydrogen) atoms. The lowest BCUT2D eigenvalue weighted by atomic mass is 10.1. The van der Waals surface area contributed by atoms with Crippen molar-refractivity contribution in [2.24, 2.45) is 0 Å². The zero-order valence-electron chi connectivity index (χ0n) is 9.05. The molecule has 1 aromatic rings. The topological polar surface area (TPSA) is 46.5 Å². The van der Waals surface area contributed by atoms with E-state index in [1.807, 2.05) is 18.2 Å². The number of methoxy groups -OCH3 is 1. The van der Waals surface area contributed by atoms with E-state index in [4.69, 9.17) is 0 Å². The number of carbonyl (C=O) groups excluding carboxylic acids is 1. The molecule has 1 fully saturated rings. The van der Waals surface area contributed by atoms with E-state index in [0.29, 0.717) is 10.8 Å². The first kappa shape index (κ1) is 11.5. The summed E-state index contributed by atoms with van der Waals surface area (Å²) >= 11 is 1.72. The number of esters is 1. The molecular weight excluding hydrogens is 224 g/mol. The summed E-state index contributed by atoms with van der Waals surface area (Å²) in [5.74, 6) is -0.608. The second kappa shape index (κ2) is 4.89. The number of hydrogen-bond donors (Lipinski definition) is 1. The minimum absolute atomic E-state index is 0.608. The number of rotatable bonds is 4. The Bertz CT molecular complexity index is 388. The summed E-state index contributed by atoms with van der Waals surface area (Å²) in [5, 5.41) is 10.5. The highest BCUT2D eigenvalue weighted by molar-refractivity contribution is 8.00. The third kappa shape index (κ3) is 2.57. The number of benzene rings is 1. The van der Waals surface area contributed by atoms with Crippen LogP contribution in [0.1, 0.15) is 24.5 Å². The maximum atomic E-state index is 11.3. The highest BCUT2D eigenvalue weighted by atomic mass is 32.2. The van der Waals surface area contributed by atoms with Crippen molar-refractivity contribution in [2.75, 3.05) is 7.11 Å². The van der Waals surface area contributed by atoms with Crippen LogP contribution in [-0.4, -0.2) is 23.4 Å². The fourth-order valence-electron chi connectivity index (χ4n) is 1.42. The maximum absolute atomic E-state index is 11.3. The summed E-state index contributed by atoms with van der Waals surface area (Å²) < 4.78 is 4.54. The van der Waals surface area contributed by atoms with Crippen molar-refractivity contribution in [3.63, 3.8) is 0 Å². The Labute approximate surface area is 98.8 Å². The number of thioether (sulfide) groups is 1. The van der Waals surface area contributed by atoms with Gasteiger partial charge in [-0.15, -0.1) is 11.8 Å². The molecule has 4 heteroatoms. The Balaban J connectivity index is 2.20. The molecule has 1 unspecified atom stereocenters. The summed E-state index contributed by atoms with van der Waals surface area (Å²) in [6.45, 7) is 0. The molecule has 0 spiro atoms. The predicted octanol–water partition coefficient (Wildman–Crippen LogP) is 2.15. The smallest absolute Gasteiger partial charge is 0.339 e. The summed E-state index contributed by atoms with van der Waals surface area (Å²) in [4.78, 5) is 12.3. The second-order valence-electron chi connectivity index (χ2n) is 3.78. The van der Waals surface area contributed by atoms with Gasteiger partial charge in [0.2, 0.25) is 0 Å². The van der Waals surface area contributed by atoms with Crippen molar-refractivity contribution in [1.82, 2.24) is 0 Å². The number of aliphatic hydroxyl groups excluding tert-OH is 1. The lowest BCUT2D eigenvalue weighted by Gasteiger charge is -2.12. The normalized spacial score (nSPS) is 16.9. The van der Waals surface area contributed by atoms with Crippen molar-refractivity contribution >= 4 is 17.7 Å². The van der Waals surface area contributed by atoms with E-state index in [0.717, 1.165) is 4.90 Å². The van der Waals surface area contributed by atoms with Gasteiger partial charge in [-0.3, -0.25) is 0 Å². The fourth-order valence-corrected chi connectivity index (χ4v) is 2.62. The molecule has 1 atom stereocenters. The largest absolute Gasteiger partial charge is 0.467 e. The Morgan fingerprint density at radius 2 is 2.19 bits per heavy atom. The van der Waals surface area contributed by atoms with Crippen LogP contribution < -0.4 is 0 Å². The van der Waals surface area contributed by atoms with Gasteiger partial charge in [0.1, 0.15) is 0 Å². The number of carbonyl (C=O) groups is 1. The minimum atomic E-state index is -1.17. The van der Waals surface area contributed by atoms with Crippen LogP contribution in [0, 0.1) is 0 Å². The molecule has 0 radical (unpaired) electrons. The van der Waals surface area contributed by atoms with Crippen molar-refractivity contribution in [1.29, 1.82) is 0 Å². The highest BCUT2D eigenvalue weighted by Crippen LogP contribution is 2.41. The van der Waals surface area contributed by atoms with E-state index >= 15 is 0 Å². The van der Waals surface area contributed by atoms with Crippen LogP contribution in [0.2, 0.25) is 0 Å². The number of ether oxygens (including phenoxy) is 1. The van der Waals surface area contributed by atoms with Crippen LogP contribution in [-0.2, 0) is 9.53 Å². The van der Waals surface area contributed by atoms with Gasteiger partial charge in [0.25, 0.3) is 0 Å². The van der Waals surface area contributed by atoms with E-state index in [9.17, 15) is 9.90 Å². The van der Waals surface area contributed by atoms with Crippen LogP contribution >= 0.6 is 11.8 Å². The Morgan fingerprint density at radius 1 is 1.50 bits per heavy atom. The third-order valence-corrected chi connectivity index (χ3v) is 3.89. The van der Waals surface area contributed by atoms with E-state index in [1.165, 1.54) is 20.0 Å². The van der Waals surface area contributed by atoms with Gasteiger partial charge in [0, 0.05) is 15.7 Å². The fraction of sp³-hybridized carbons (Fsp3) is 0.417. The summed E-state index contributed by atoms with van der Waals surface area (Å²) in [6.07, 6.45) is 1.26. The summed E-state index contributed by atoms with van der Waals surface area (Å²) in [5.41, 5.74) is 0.645. The molecule has 1 aliphatic carbocycles. The molecule has 0 bridgehead atoms.